The maximum absolute atomic E-state index is 10.2. The number of rotatable bonds is 1. The number of hydrogen-bond donors (Lipinski definition) is 1. The van der Waals surface area contributed by atoms with Crippen LogP contribution in [0.25, 0.3) is 0 Å². The summed E-state index contributed by atoms with van der Waals surface area (Å²) in [5, 5.41) is 10.2. The maximum Gasteiger partial charge on any atom is 0.0645 e. The van der Waals surface area contributed by atoms with E-state index < -0.39 is 0 Å². The molecule has 1 nitrogen and oxygen atoms in total. The van der Waals surface area contributed by atoms with Gasteiger partial charge in [-0.1, -0.05) is 34.1 Å². The molecule has 84 valence electrons. The van der Waals surface area contributed by atoms with E-state index in [1.54, 1.807) is 0 Å². The molecule has 0 aliphatic heterocycles. The van der Waals surface area contributed by atoms with E-state index in [-0.39, 0.29) is 5.60 Å². The zero-order valence-corrected chi connectivity index (χ0v) is 10.3. The van der Waals surface area contributed by atoms with Crippen LogP contribution in [0.5, 0.6) is 0 Å². The molecule has 0 saturated heterocycles. The van der Waals surface area contributed by atoms with Crippen LogP contribution in [0.15, 0.2) is 0 Å². The lowest BCUT2D eigenvalue weighted by atomic mass is 9.76. The van der Waals surface area contributed by atoms with E-state index in [1.165, 1.54) is 19.3 Å². The molecule has 2 atom stereocenters. The van der Waals surface area contributed by atoms with Crippen LogP contribution in [0.2, 0.25) is 0 Å². The fourth-order valence-electron chi connectivity index (χ4n) is 2.61. The van der Waals surface area contributed by atoms with E-state index in [4.69, 9.17) is 0 Å². The Hall–Kier alpha value is -0.0400. The molecule has 2 unspecified atom stereocenters. The van der Waals surface area contributed by atoms with Gasteiger partial charge in [0.05, 0.1) is 5.60 Å². The molecule has 1 aliphatic rings. The summed E-state index contributed by atoms with van der Waals surface area (Å²) in [7, 11) is 0. The molecule has 0 aromatic carbocycles. The summed E-state index contributed by atoms with van der Waals surface area (Å²) in [6.45, 7) is 9.09. The van der Waals surface area contributed by atoms with E-state index in [0.717, 1.165) is 25.2 Å². The van der Waals surface area contributed by atoms with Crippen LogP contribution in [-0.2, 0) is 0 Å². The van der Waals surface area contributed by atoms with E-state index in [9.17, 15) is 5.11 Å². The summed E-state index contributed by atoms with van der Waals surface area (Å²) in [6.07, 6.45) is 6.64. The first-order valence-corrected chi connectivity index (χ1v) is 6.10. The van der Waals surface area contributed by atoms with Gasteiger partial charge < -0.3 is 5.11 Å². The predicted octanol–water partition coefficient (Wildman–Crippen LogP) is 3.75. The van der Waals surface area contributed by atoms with Crippen LogP contribution in [-0.4, -0.2) is 10.7 Å². The third kappa shape index (κ3) is 2.98. The van der Waals surface area contributed by atoms with Crippen LogP contribution < -0.4 is 0 Å². The highest BCUT2D eigenvalue weighted by molar-refractivity contribution is 4.85. The van der Waals surface area contributed by atoms with Crippen LogP contribution in [0.1, 0.15) is 66.2 Å². The molecular weight excluding hydrogens is 172 g/mol. The second-order valence-electron chi connectivity index (χ2n) is 6.07. The Kier molecular flexibility index (Phi) is 3.63. The van der Waals surface area contributed by atoms with Gasteiger partial charge in [-0.15, -0.1) is 0 Å². The molecule has 1 aliphatic carbocycles. The van der Waals surface area contributed by atoms with Crippen LogP contribution in [0.4, 0.5) is 0 Å². The molecule has 14 heavy (non-hydrogen) atoms. The normalized spacial score (nSPS) is 35.4. The number of hydrogen-bond acceptors (Lipinski definition) is 1. The third-order valence-corrected chi connectivity index (χ3v) is 4.04. The van der Waals surface area contributed by atoms with Gasteiger partial charge in [0.1, 0.15) is 0 Å². The highest BCUT2D eigenvalue weighted by Gasteiger charge is 2.33. The topological polar surface area (TPSA) is 20.2 Å². The second kappa shape index (κ2) is 4.22. The molecule has 0 aromatic rings. The highest BCUT2D eigenvalue weighted by Crippen LogP contribution is 2.40. The fourth-order valence-corrected chi connectivity index (χ4v) is 2.61. The SMILES string of the molecule is CCC1(O)CCCC(C(C)(C)C)CC1. The largest absolute Gasteiger partial charge is 0.390 e. The van der Waals surface area contributed by atoms with Gasteiger partial charge >= 0.3 is 0 Å². The Morgan fingerprint density at radius 1 is 1.21 bits per heavy atom. The smallest absolute Gasteiger partial charge is 0.0645 e. The molecule has 0 amide bonds. The Balaban J connectivity index is 2.57. The van der Waals surface area contributed by atoms with Gasteiger partial charge in [0.2, 0.25) is 0 Å². The van der Waals surface area contributed by atoms with E-state index >= 15 is 0 Å². The van der Waals surface area contributed by atoms with Crippen molar-refractivity contribution in [1.29, 1.82) is 0 Å². The lowest BCUT2D eigenvalue weighted by Gasteiger charge is -2.30. The average molecular weight is 198 g/mol. The highest BCUT2D eigenvalue weighted by atomic mass is 16.3. The Morgan fingerprint density at radius 3 is 2.36 bits per heavy atom. The monoisotopic (exact) mass is 198 g/mol. The molecule has 1 N–H and O–H groups in total. The van der Waals surface area contributed by atoms with E-state index in [1.807, 2.05) is 0 Å². The maximum atomic E-state index is 10.2. The molecule has 1 heteroatoms. The number of aliphatic hydroxyl groups is 1. The van der Waals surface area contributed by atoms with Gasteiger partial charge in [0.15, 0.2) is 0 Å². The van der Waals surface area contributed by atoms with Gasteiger partial charge in [-0.25, -0.2) is 0 Å². The molecule has 0 bridgehead atoms. The van der Waals surface area contributed by atoms with Crippen molar-refractivity contribution in [3.8, 4) is 0 Å². The van der Waals surface area contributed by atoms with Gasteiger partial charge in [0.25, 0.3) is 0 Å². The molecule has 0 heterocycles. The second-order valence-corrected chi connectivity index (χ2v) is 6.07. The van der Waals surface area contributed by atoms with Gasteiger partial charge in [-0.05, 0) is 43.4 Å². The lowest BCUT2D eigenvalue weighted by molar-refractivity contribution is 0.0185. The summed E-state index contributed by atoms with van der Waals surface area (Å²) in [5.41, 5.74) is 0.0684. The zero-order valence-electron chi connectivity index (χ0n) is 10.3. The molecule has 1 rings (SSSR count). The standard InChI is InChI=1S/C13H26O/c1-5-13(14)9-6-7-11(8-10-13)12(2,3)4/h11,14H,5-10H2,1-4H3. The average Bonchev–Trinajstić information content (AvgIpc) is 2.27. The van der Waals surface area contributed by atoms with Gasteiger partial charge in [-0.2, -0.15) is 0 Å². The minimum absolute atomic E-state index is 0.347. The first-order chi connectivity index (χ1) is 6.37. The molecular formula is C13H26O. The van der Waals surface area contributed by atoms with Crippen molar-refractivity contribution in [2.45, 2.75) is 71.8 Å². The molecule has 0 aromatic heterocycles. The van der Waals surface area contributed by atoms with Crippen molar-refractivity contribution in [3.63, 3.8) is 0 Å². The third-order valence-electron chi connectivity index (χ3n) is 4.04. The minimum atomic E-state index is -0.347. The van der Waals surface area contributed by atoms with Crippen molar-refractivity contribution < 1.29 is 5.11 Å². The minimum Gasteiger partial charge on any atom is -0.390 e. The van der Waals surface area contributed by atoms with Crippen molar-refractivity contribution in [2.24, 2.45) is 11.3 Å². The predicted molar refractivity (Wildman–Crippen MR) is 61.3 cm³/mol. The first kappa shape index (κ1) is 12.0. The van der Waals surface area contributed by atoms with Crippen LogP contribution in [0.3, 0.4) is 0 Å². The Morgan fingerprint density at radius 2 is 1.86 bits per heavy atom. The van der Waals surface area contributed by atoms with E-state index in [2.05, 4.69) is 27.7 Å². The first-order valence-electron chi connectivity index (χ1n) is 6.10. The van der Waals surface area contributed by atoms with Crippen molar-refractivity contribution in [3.05, 3.63) is 0 Å². The fraction of sp³-hybridized carbons (Fsp3) is 1.00. The van der Waals surface area contributed by atoms with Crippen molar-refractivity contribution >= 4 is 0 Å². The molecule has 1 fully saturated rings. The quantitative estimate of drug-likeness (QED) is 0.636. The van der Waals surface area contributed by atoms with Crippen LogP contribution >= 0.6 is 0 Å². The lowest BCUT2D eigenvalue weighted by Crippen LogP contribution is -2.27. The summed E-state index contributed by atoms with van der Waals surface area (Å²) >= 11 is 0. The van der Waals surface area contributed by atoms with Crippen molar-refractivity contribution in [1.82, 2.24) is 0 Å². The van der Waals surface area contributed by atoms with Crippen molar-refractivity contribution in [2.75, 3.05) is 0 Å². The van der Waals surface area contributed by atoms with Gasteiger partial charge in [0, 0.05) is 0 Å². The summed E-state index contributed by atoms with van der Waals surface area (Å²) in [4.78, 5) is 0. The molecule has 0 radical (unpaired) electrons. The summed E-state index contributed by atoms with van der Waals surface area (Å²) < 4.78 is 0. The zero-order chi connectivity index (χ0) is 10.8. The summed E-state index contributed by atoms with van der Waals surface area (Å²) in [5.74, 6) is 0.795. The Bertz CT molecular complexity index is 180. The molecule has 1 saturated carbocycles. The molecule has 0 spiro atoms. The Labute approximate surface area is 88.9 Å². The van der Waals surface area contributed by atoms with E-state index in [0.29, 0.717) is 5.41 Å². The summed E-state index contributed by atoms with van der Waals surface area (Å²) in [6, 6.07) is 0. The van der Waals surface area contributed by atoms with Gasteiger partial charge in [-0.3, -0.25) is 0 Å². The van der Waals surface area contributed by atoms with Crippen LogP contribution in [0, 0.1) is 11.3 Å².